The van der Waals surface area contributed by atoms with Gasteiger partial charge in [0, 0.05) is 0 Å². The van der Waals surface area contributed by atoms with Crippen LogP contribution in [0.1, 0.15) is 20.8 Å². The lowest BCUT2D eigenvalue weighted by Gasteiger charge is -2.20. The van der Waals surface area contributed by atoms with Crippen LogP contribution in [0.3, 0.4) is 0 Å². The van der Waals surface area contributed by atoms with Gasteiger partial charge < -0.3 is 14.3 Å². The number of rotatable bonds is 1. The van der Waals surface area contributed by atoms with Gasteiger partial charge in [-0.2, -0.15) is 0 Å². The van der Waals surface area contributed by atoms with Crippen LogP contribution in [0.15, 0.2) is 33.5 Å². The van der Waals surface area contributed by atoms with E-state index < -0.39 is 11.2 Å². The molecule has 0 aliphatic rings. The fourth-order valence-electron chi connectivity index (χ4n) is 1.51. The van der Waals surface area contributed by atoms with Crippen LogP contribution in [0.25, 0.3) is 11.0 Å². The molecular formula is C13H14O4. The van der Waals surface area contributed by atoms with Crippen LogP contribution in [0.2, 0.25) is 0 Å². The highest BCUT2D eigenvalue weighted by Crippen LogP contribution is 2.32. The Morgan fingerprint density at radius 1 is 1.24 bits per heavy atom. The Morgan fingerprint density at radius 2 is 1.88 bits per heavy atom. The summed E-state index contributed by atoms with van der Waals surface area (Å²) < 4.78 is 10.5. The molecule has 4 heteroatoms. The summed E-state index contributed by atoms with van der Waals surface area (Å²) in [5.41, 5.74) is -0.901. The molecule has 0 radical (unpaired) electrons. The van der Waals surface area contributed by atoms with Crippen LogP contribution < -0.4 is 10.4 Å². The van der Waals surface area contributed by atoms with Gasteiger partial charge in [-0.3, -0.25) is 0 Å². The summed E-state index contributed by atoms with van der Waals surface area (Å²) in [6.07, 6.45) is 0. The van der Waals surface area contributed by atoms with Crippen molar-refractivity contribution in [2.45, 2.75) is 26.4 Å². The van der Waals surface area contributed by atoms with Gasteiger partial charge in [-0.25, -0.2) is 4.79 Å². The summed E-state index contributed by atoms with van der Waals surface area (Å²) in [5, 5.41) is 10.5. The van der Waals surface area contributed by atoms with Crippen molar-refractivity contribution in [1.82, 2.24) is 0 Å². The van der Waals surface area contributed by atoms with E-state index in [0.29, 0.717) is 11.0 Å². The predicted octanol–water partition coefficient (Wildman–Crippen LogP) is 2.68. The molecule has 0 aliphatic heterocycles. The zero-order valence-electron chi connectivity index (χ0n) is 9.98. The Labute approximate surface area is 98.4 Å². The van der Waals surface area contributed by atoms with E-state index in [4.69, 9.17) is 9.15 Å². The average Bonchev–Trinajstić information content (AvgIpc) is 2.23. The molecule has 0 spiro atoms. The largest absolute Gasteiger partial charge is 0.504 e. The molecule has 0 fully saturated rings. The van der Waals surface area contributed by atoms with Crippen LogP contribution in [0, 0.1) is 0 Å². The van der Waals surface area contributed by atoms with E-state index in [1.54, 1.807) is 45.0 Å². The molecule has 1 N–H and O–H groups in total. The van der Waals surface area contributed by atoms with Crippen molar-refractivity contribution in [2.75, 3.05) is 0 Å². The third kappa shape index (κ3) is 2.25. The number of ether oxygens (including phenoxy) is 1. The number of benzene rings is 1. The molecule has 0 unspecified atom stereocenters. The zero-order valence-corrected chi connectivity index (χ0v) is 9.98. The number of fused-ring (bicyclic) bond motifs is 1. The van der Waals surface area contributed by atoms with E-state index in [1.807, 2.05) is 0 Å². The fourth-order valence-corrected chi connectivity index (χ4v) is 1.51. The molecule has 0 saturated carbocycles. The third-order valence-corrected chi connectivity index (χ3v) is 2.15. The first-order valence-electron chi connectivity index (χ1n) is 5.32. The highest BCUT2D eigenvalue weighted by Gasteiger charge is 2.21. The lowest BCUT2D eigenvalue weighted by molar-refractivity contribution is 0.120. The third-order valence-electron chi connectivity index (χ3n) is 2.15. The summed E-state index contributed by atoms with van der Waals surface area (Å²) in [5.74, 6) is -0.317. The van der Waals surface area contributed by atoms with Gasteiger partial charge >= 0.3 is 5.63 Å². The van der Waals surface area contributed by atoms with Gasteiger partial charge in [0.25, 0.3) is 0 Å². The molecular weight excluding hydrogens is 220 g/mol. The number of para-hydroxylation sites is 1. The second-order valence-corrected chi connectivity index (χ2v) is 4.78. The average molecular weight is 234 g/mol. The zero-order chi connectivity index (χ0) is 12.6. The van der Waals surface area contributed by atoms with Crippen LogP contribution in [-0.2, 0) is 0 Å². The molecule has 1 aromatic heterocycles. The molecule has 90 valence electrons. The molecule has 0 amide bonds. The van der Waals surface area contributed by atoms with Crippen molar-refractivity contribution in [3.05, 3.63) is 34.7 Å². The molecule has 17 heavy (non-hydrogen) atoms. The molecule has 0 aliphatic carbocycles. The number of aromatic hydroxyl groups is 1. The summed E-state index contributed by atoms with van der Waals surface area (Å²) in [6, 6.07) is 6.78. The van der Waals surface area contributed by atoms with Gasteiger partial charge in [0.2, 0.25) is 5.75 Å². The second kappa shape index (κ2) is 3.80. The van der Waals surface area contributed by atoms with E-state index in [1.165, 1.54) is 0 Å². The SMILES string of the molecule is CC(C)(C)Oc1c(O)c2ccccc2oc1=O. The van der Waals surface area contributed by atoms with E-state index in [9.17, 15) is 9.90 Å². The molecule has 1 heterocycles. The maximum absolute atomic E-state index is 11.7. The summed E-state index contributed by atoms with van der Waals surface area (Å²) >= 11 is 0. The second-order valence-electron chi connectivity index (χ2n) is 4.78. The Morgan fingerprint density at radius 3 is 2.53 bits per heavy atom. The fraction of sp³-hybridized carbons (Fsp3) is 0.308. The first-order chi connectivity index (χ1) is 7.88. The minimum Gasteiger partial charge on any atom is -0.504 e. The van der Waals surface area contributed by atoms with Crippen molar-refractivity contribution in [2.24, 2.45) is 0 Å². The minimum atomic E-state index is -0.670. The van der Waals surface area contributed by atoms with E-state index in [0.717, 1.165) is 0 Å². The Balaban J connectivity index is 2.68. The number of hydrogen-bond donors (Lipinski definition) is 1. The van der Waals surface area contributed by atoms with Gasteiger partial charge in [-0.1, -0.05) is 12.1 Å². The molecule has 0 saturated heterocycles. The highest BCUT2D eigenvalue weighted by molar-refractivity contribution is 5.85. The quantitative estimate of drug-likeness (QED) is 0.770. The molecule has 0 bridgehead atoms. The number of hydrogen-bond acceptors (Lipinski definition) is 4. The van der Waals surface area contributed by atoms with Crippen molar-refractivity contribution in [1.29, 1.82) is 0 Å². The summed E-state index contributed by atoms with van der Waals surface area (Å²) in [7, 11) is 0. The molecule has 0 atom stereocenters. The van der Waals surface area contributed by atoms with Crippen LogP contribution >= 0.6 is 0 Å². The van der Waals surface area contributed by atoms with Crippen molar-refractivity contribution >= 4 is 11.0 Å². The monoisotopic (exact) mass is 234 g/mol. The minimum absolute atomic E-state index is 0.142. The van der Waals surface area contributed by atoms with E-state index in [-0.39, 0.29) is 11.5 Å². The van der Waals surface area contributed by atoms with Gasteiger partial charge in [0.15, 0.2) is 5.75 Å². The van der Waals surface area contributed by atoms with Crippen LogP contribution in [0.4, 0.5) is 0 Å². The molecule has 4 nitrogen and oxygen atoms in total. The lowest BCUT2D eigenvalue weighted by atomic mass is 10.2. The standard InChI is InChI=1S/C13H14O4/c1-13(2,3)17-11-10(14)8-6-4-5-7-9(8)16-12(11)15/h4-7,14H,1-3H3. The molecule has 2 aromatic rings. The topological polar surface area (TPSA) is 59.7 Å². The Bertz CT molecular complexity index is 605. The Kier molecular flexibility index (Phi) is 2.58. The van der Waals surface area contributed by atoms with Crippen molar-refractivity contribution in [3.8, 4) is 11.5 Å². The first-order valence-corrected chi connectivity index (χ1v) is 5.32. The first kappa shape index (κ1) is 11.5. The maximum atomic E-state index is 11.7. The summed E-state index contributed by atoms with van der Waals surface area (Å²) in [6.45, 7) is 5.38. The van der Waals surface area contributed by atoms with Gasteiger partial charge in [0.1, 0.15) is 11.2 Å². The molecule has 2 rings (SSSR count). The maximum Gasteiger partial charge on any atom is 0.383 e. The highest BCUT2D eigenvalue weighted by atomic mass is 16.5. The van der Waals surface area contributed by atoms with Gasteiger partial charge in [0.05, 0.1) is 5.39 Å². The van der Waals surface area contributed by atoms with E-state index >= 15 is 0 Å². The summed E-state index contributed by atoms with van der Waals surface area (Å²) in [4.78, 5) is 11.7. The van der Waals surface area contributed by atoms with Crippen LogP contribution in [0.5, 0.6) is 11.5 Å². The van der Waals surface area contributed by atoms with Crippen LogP contribution in [-0.4, -0.2) is 10.7 Å². The lowest BCUT2D eigenvalue weighted by Crippen LogP contribution is -2.26. The van der Waals surface area contributed by atoms with Gasteiger partial charge in [-0.15, -0.1) is 0 Å². The predicted molar refractivity (Wildman–Crippen MR) is 64.5 cm³/mol. The van der Waals surface area contributed by atoms with E-state index in [2.05, 4.69) is 0 Å². The smallest absolute Gasteiger partial charge is 0.383 e. The van der Waals surface area contributed by atoms with Crippen molar-refractivity contribution < 1.29 is 14.3 Å². The van der Waals surface area contributed by atoms with Gasteiger partial charge in [-0.05, 0) is 32.9 Å². The van der Waals surface area contributed by atoms with Crippen molar-refractivity contribution in [3.63, 3.8) is 0 Å². The Hall–Kier alpha value is -1.97. The normalized spacial score (nSPS) is 11.7. The molecule has 1 aromatic carbocycles.